The molecule has 7 nitrogen and oxygen atoms in total. The van der Waals surface area contributed by atoms with Crippen LogP contribution in [0.2, 0.25) is 5.02 Å². The van der Waals surface area contributed by atoms with Crippen LogP contribution in [0, 0.1) is 20.8 Å². The monoisotopic (exact) mass is 513 g/mol. The second-order valence-corrected chi connectivity index (χ2v) is 10.8. The number of pyridine rings is 1. The summed E-state index contributed by atoms with van der Waals surface area (Å²) in [7, 11) is 4.33. The zero-order valence-corrected chi connectivity index (χ0v) is 23.1. The molecule has 0 bridgehead atoms. The number of aliphatic hydroxyl groups excluding tert-OH is 1. The van der Waals surface area contributed by atoms with Gasteiger partial charge in [0.1, 0.15) is 6.23 Å². The topological polar surface area (TPSA) is 76.0 Å². The maximum atomic E-state index is 12.8. The van der Waals surface area contributed by atoms with Gasteiger partial charge in [0.05, 0.1) is 5.52 Å². The van der Waals surface area contributed by atoms with Crippen LogP contribution in [0.5, 0.6) is 0 Å². The molecule has 1 aromatic carbocycles. The molecule has 1 saturated carbocycles. The minimum Gasteiger partial charge on any atom is -0.374 e. The predicted molar refractivity (Wildman–Crippen MR) is 148 cm³/mol. The summed E-state index contributed by atoms with van der Waals surface area (Å²) in [5.74, 6) is 0. The molecule has 3 N–H and O–H groups in total. The smallest absolute Gasteiger partial charge is 0.187 e. The van der Waals surface area contributed by atoms with Gasteiger partial charge in [0, 0.05) is 64.5 Å². The van der Waals surface area contributed by atoms with E-state index in [0.717, 1.165) is 53.1 Å². The third kappa shape index (κ3) is 5.35. The first-order valence-electron chi connectivity index (χ1n) is 13.0. The number of aliphatic hydroxyl groups is 1. The van der Waals surface area contributed by atoms with Crippen LogP contribution in [0.1, 0.15) is 66.9 Å². The van der Waals surface area contributed by atoms with Crippen LogP contribution in [0.15, 0.2) is 29.1 Å². The predicted octanol–water partition coefficient (Wildman–Crippen LogP) is 4.69. The SMILES string of the molecule is CCN(c1cc(Cl)cc(C(O)NCc2c(C)n3[nH]c(C)cc3cc2=O)c1C)C1CCC(N(C)C)CC1. The van der Waals surface area contributed by atoms with Gasteiger partial charge >= 0.3 is 0 Å². The number of halogens is 1. The van der Waals surface area contributed by atoms with E-state index in [4.69, 9.17) is 11.6 Å². The Labute approximate surface area is 219 Å². The molecule has 0 amide bonds. The Morgan fingerprint density at radius 3 is 2.42 bits per heavy atom. The Morgan fingerprint density at radius 2 is 1.78 bits per heavy atom. The zero-order chi connectivity index (χ0) is 26.1. The number of aromatic nitrogens is 2. The number of hydrogen-bond donors (Lipinski definition) is 3. The third-order valence-corrected chi connectivity index (χ3v) is 8.12. The highest BCUT2D eigenvalue weighted by molar-refractivity contribution is 6.31. The minimum atomic E-state index is -0.949. The van der Waals surface area contributed by atoms with Crippen LogP contribution in [-0.4, -0.2) is 52.3 Å². The van der Waals surface area contributed by atoms with Gasteiger partial charge in [0.2, 0.25) is 0 Å². The maximum Gasteiger partial charge on any atom is 0.187 e. The molecule has 4 rings (SSSR count). The molecule has 2 aromatic heterocycles. The number of H-pyrrole nitrogens is 1. The number of benzene rings is 1. The Balaban J connectivity index is 1.55. The largest absolute Gasteiger partial charge is 0.374 e. The van der Waals surface area contributed by atoms with Crippen LogP contribution < -0.4 is 15.6 Å². The summed E-state index contributed by atoms with van der Waals surface area (Å²) < 4.78 is 1.91. The maximum absolute atomic E-state index is 12.8. The van der Waals surface area contributed by atoms with E-state index in [1.165, 1.54) is 12.8 Å². The van der Waals surface area contributed by atoms with Crippen LogP contribution >= 0.6 is 11.6 Å². The molecule has 1 unspecified atom stereocenters. The molecule has 1 fully saturated rings. The van der Waals surface area contributed by atoms with Crippen molar-refractivity contribution < 1.29 is 5.11 Å². The lowest BCUT2D eigenvalue weighted by atomic mass is 9.88. The van der Waals surface area contributed by atoms with Crippen molar-refractivity contribution in [1.82, 2.24) is 19.8 Å². The first kappa shape index (κ1) is 26.7. The third-order valence-electron chi connectivity index (χ3n) is 7.90. The molecule has 196 valence electrons. The summed E-state index contributed by atoms with van der Waals surface area (Å²) in [5.41, 5.74) is 6.08. The number of rotatable bonds is 8. The molecule has 0 spiro atoms. The molecule has 36 heavy (non-hydrogen) atoms. The zero-order valence-electron chi connectivity index (χ0n) is 22.4. The van der Waals surface area contributed by atoms with E-state index in [1.54, 1.807) is 6.07 Å². The van der Waals surface area contributed by atoms with Crippen molar-refractivity contribution in [2.45, 2.75) is 78.2 Å². The summed E-state index contributed by atoms with van der Waals surface area (Å²) in [6.07, 6.45) is 3.70. The number of nitrogens with one attached hydrogen (secondary N) is 2. The number of nitrogens with zero attached hydrogens (tertiary/aromatic N) is 3. The van der Waals surface area contributed by atoms with E-state index in [0.29, 0.717) is 22.7 Å². The minimum absolute atomic E-state index is 0.0415. The number of hydrogen-bond acceptors (Lipinski definition) is 5. The quantitative estimate of drug-likeness (QED) is 0.381. The van der Waals surface area contributed by atoms with Gasteiger partial charge in [-0.3, -0.25) is 19.7 Å². The van der Waals surface area contributed by atoms with Crippen molar-refractivity contribution in [3.8, 4) is 0 Å². The van der Waals surface area contributed by atoms with Crippen LogP contribution in [0.3, 0.4) is 0 Å². The summed E-state index contributed by atoms with van der Waals surface area (Å²) in [6, 6.07) is 8.53. The number of fused-ring (bicyclic) bond motifs is 1. The summed E-state index contributed by atoms with van der Waals surface area (Å²) in [5, 5.41) is 18.2. The highest BCUT2D eigenvalue weighted by Crippen LogP contribution is 2.35. The van der Waals surface area contributed by atoms with Gasteiger partial charge in [-0.2, -0.15) is 0 Å². The standard InChI is InChI=1S/C28H40ClN5O2/c1-7-33(22-10-8-21(9-11-22)32(5)6)26-14-20(29)13-24(18(26)3)28(36)30-16-25-19(4)34-23(15-27(25)35)12-17(2)31-34/h12-15,21-22,28,30-31,36H,7-11,16H2,1-6H3. The number of anilines is 1. The van der Waals surface area contributed by atoms with Gasteiger partial charge in [-0.05, 0) is 91.2 Å². The normalized spacial score (nSPS) is 19.2. The molecule has 2 heterocycles. The lowest BCUT2D eigenvalue weighted by molar-refractivity contribution is 0.136. The lowest BCUT2D eigenvalue weighted by Gasteiger charge is -2.40. The van der Waals surface area contributed by atoms with E-state index in [1.807, 2.05) is 43.5 Å². The van der Waals surface area contributed by atoms with E-state index < -0.39 is 6.23 Å². The van der Waals surface area contributed by atoms with Crippen molar-refractivity contribution in [2.75, 3.05) is 25.5 Å². The molecule has 1 atom stereocenters. The van der Waals surface area contributed by atoms with Crippen LogP contribution in [0.25, 0.3) is 5.52 Å². The fourth-order valence-corrected chi connectivity index (χ4v) is 6.00. The van der Waals surface area contributed by atoms with E-state index in [-0.39, 0.29) is 12.0 Å². The van der Waals surface area contributed by atoms with Crippen molar-refractivity contribution in [3.63, 3.8) is 0 Å². The molecule has 0 radical (unpaired) electrons. The molecule has 1 aliphatic rings. The van der Waals surface area contributed by atoms with E-state index >= 15 is 0 Å². The molecule has 3 aromatic rings. The van der Waals surface area contributed by atoms with E-state index in [9.17, 15) is 9.90 Å². The summed E-state index contributed by atoms with van der Waals surface area (Å²) in [4.78, 5) is 17.6. The fourth-order valence-electron chi connectivity index (χ4n) is 5.78. The second kappa shape index (κ2) is 11.0. The number of aryl methyl sites for hydroxylation is 2. The fraction of sp³-hybridized carbons (Fsp3) is 0.536. The van der Waals surface area contributed by atoms with Crippen molar-refractivity contribution in [1.29, 1.82) is 0 Å². The van der Waals surface area contributed by atoms with Gasteiger partial charge in [0.15, 0.2) is 5.43 Å². The van der Waals surface area contributed by atoms with Gasteiger partial charge < -0.3 is 14.9 Å². The van der Waals surface area contributed by atoms with Gasteiger partial charge in [-0.15, -0.1) is 0 Å². The van der Waals surface area contributed by atoms with Crippen molar-refractivity contribution in [3.05, 3.63) is 67.6 Å². The van der Waals surface area contributed by atoms with Gasteiger partial charge in [0.25, 0.3) is 0 Å². The number of aromatic amines is 1. The molecular formula is C28H40ClN5O2. The molecule has 0 saturated heterocycles. The van der Waals surface area contributed by atoms with Crippen molar-refractivity contribution >= 4 is 22.8 Å². The molecule has 1 aliphatic carbocycles. The highest BCUT2D eigenvalue weighted by atomic mass is 35.5. The molecule has 8 heteroatoms. The Bertz CT molecular complexity index is 1270. The first-order chi connectivity index (χ1) is 17.1. The van der Waals surface area contributed by atoms with Gasteiger partial charge in [-0.25, -0.2) is 0 Å². The van der Waals surface area contributed by atoms with Crippen LogP contribution in [-0.2, 0) is 6.54 Å². The molecular weight excluding hydrogens is 474 g/mol. The average molecular weight is 514 g/mol. The van der Waals surface area contributed by atoms with E-state index in [2.05, 4.69) is 41.2 Å². The first-order valence-corrected chi connectivity index (χ1v) is 13.3. The van der Waals surface area contributed by atoms with Crippen LogP contribution in [0.4, 0.5) is 5.69 Å². The lowest BCUT2D eigenvalue weighted by Crippen LogP contribution is -2.42. The second-order valence-electron chi connectivity index (χ2n) is 10.4. The Kier molecular flexibility index (Phi) is 8.15. The summed E-state index contributed by atoms with van der Waals surface area (Å²) >= 11 is 6.58. The highest BCUT2D eigenvalue weighted by Gasteiger charge is 2.28. The average Bonchev–Trinajstić information content (AvgIpc) is 3.21. The Morgan fingerprint density at radius 1 is 1.11 bits per heavy atom. The van der Waals surface area contributed by atoms with Crippen molar-refractivity contribution in [2.24, 2.45) is 0 Å². The molecule has 0 aliphatic heterocycles. The summed E-state index contributed by atoms with van der Waals surface area (Å²) in [6.45, 7) is 9.24. The van der Waals surface area contributed by atoms with Gasteiger partial charge in [-0.1, -0.05) is 11.6 Å². The Hall–Kier alpha value is -2.32.